The Morgan fingerprint density at radius 3 is 2.67 bits per heavy atom. The number of amides is 2. The van der Waals surface area contributed by atoms with Crippen molar-refractivity contribution in [1.82, 2.24) is 9.97 Å². The minimum absolute atomic E-state index is 0.435. The van der Waals surface area contributed by atoms with Crippen LogP contribution in [-0.4, -0.2) is 22.5 Å². The van der Waals surface area contributed by atoms with Gasteiger partial charge in [-0.2, -0.15) is 4.98 Å². The Morgan fingerprint density at radius 1 is 1.17 bits per heavy atom. The van der Waals surface area contributed by atoms with E-state index in [-0.39, 0.29) is 0 Å². The van der Waals surface area contributed by atoms with Crippen LogP contribution in [-0.2, 0) is 0 Å². The Hall–Kier alpha value is -3.61. The SMILES string of the molecule is C=C(CCCC)CNc1nc(C)cc(Oc2ccc(NC(N)=O)c3ccccc23)n1. The Morgan fingerprint density at radius 2 is 1.93 bits per heavy atom. The van der Waals surface area contributed by atoms with Gasteiger partial charge in [0.1, 0.15) is 5.75 Å². The average Bonchev–Trinajstić information content (AvgIpc) is 2.72. The van der Waals surface area contributed by atoms with E-state index in [1.165, 1.54) is 0 Å². The quantitative estimate of drug-likeness (QED) is 0.415. The smallest absolute Gasteiger partial charge is 0.316 e. The van der Waals surface area contributed by atoms with Crippen LogP contribution in [0.4, 0.5) is 16.4 Å². The lowest BCUT2D eigenvalue weighted by molar-refractivity contribution is 0.259. The molecule has 0 bridgehead atoms. The van der Waals surface area contributed by atoms with Crippen molar-refractivity contribution in [2.45, 2.75) is 33.1 Å². The number of hydrogen-bond acceptors (Lipinski definition) is 5. The Bertz CT molecular complexity index is 1060. The van der Waals surface area contributed by atoms with Crippen LogP contribution in [0.1, 0.15) is 31.9 Å². The number of nitrogens with two attached hydrogens (primary N) is 1. The molecule has 0 atom stereocenters. The molecule has 2 amide bonds. The number of nitrogens with zero attached hydrogens (tertiary/aromatic N) is 2. The number of nitrogens with one attached hydrogen (secondary N) is 2. The molecule has 0 aliphatic carbocycles. The topological polar surface area (TPSA) is 102 Å². The van der Waals surface area contributed by atoms with Crippen LogP contribution in [0.2, 0.25) is 0 Å². The molecule has 0 unspecified atom stereocenters. The van der Waals surface area contributed by atoms with Gasteiger partial charge in [-0.05, 0) is 31.9 Å². The molecule has 0 spiro atoms. The molecule has 4 N–H and O–H groups in total. The highest BCUT2D eigenvalue weighted by atomic mass is 16.5. The van der Waals surface area contributed by atoms with Gasteiger partial charge in [-0.3, -0.25) is 0 Å². The number of aromatic nitrogens is 2. The zero-order valence-electron chi connectivity index (χ0n) is 17.4. The van der Waals surface area contributed by atoms with Gasteiger partial charge < -0.3 is 21.1 Å². The van der Waals surface area contributed by atoms with E-state index in [0.29, 0.717) is 29.8 Å². The normalized spacial score (nSPS) is 10.6. The van der Waals surface area contributed by atoms with E-state index in [0.717, 1.165) is 41.3 Å². The molecule has 0 fully saturated rings. The number of primary amides is 1. The summed E-state index contributed by atoms with van der Waals surface area (Å²) in [6, 6.07) is 12.3. The van der Waals surface area contributed by atoms with Gasteiger partial charge >= 0.3 is 6.03 Å². The molecule has 7 nitrogen and oxygen atoms in total. The number of ether oxygens (including phenoxy) is 1. The molecule has 0 aliphatic rings. The van der Waals surface area contributed by atoms with Gasteiger partial charge in [-0.25, -0.2) is 9.78 Å². The third kappa shape index (κ3) is 5.47. The van der Waals surface area contributed by atoms with E-state index in [4.69, 9.17) is 10.5 Å². The maximum Gasteiger partial charge on any atom is 0.316 e. The number of fused-ring (bicyclic) bond motifs is 1. The summed E-state index contributed by atoms with van der Waals surface area (Å²) in [6.45, 7) is 8.77. The van der Waals surface area contributed by atoms with E-state index >= 15 is 0 Å². The molecule has 2 aromatic carbocycles. The molecule has 156 valence electrons. The van der Waals surface area contributed by atoms with Crippen molar-refractivity contribution in [3.05, 3.63) is 60.3 Å². The number of benzene rings is 2. The van der Waals surface area contributed by atoms with Crippen LogP contribution >= 0.6 is 0 Å². The Balaban J connectivity index is 1.82. The molecule has 1 aromatic heterocycles. The second-order valence-electron chi connectivity index (χ2n) is 7.13. The molecule has 1 heterocycles. The molecule has 0 saturated heterocycles. The third-order valence-electron chi connectivity index (χ3n) is 4.57. The fourth-order valence-electron chi connectivity index (χ4n) is 3.11. The predicted octanol–water partition coefficient (Wildman–Crippen LogP) is 5.38. The molecular formula is C23H27N5O2. The van der Waals surface area contributed by atoms with E-state index in [9.17, 15) is 4.79 Å². The lowest BCUT2D eigenvalue weighted by atomic mass is 10.1. The van der Waals surface area contributed by atoms with E-state index < -0.39 is 6.03 Å². The van der Waals surface area contributed by atoms with Gasteiger partial charge in [-0.1, -0.05) is 49.8 Å². The summed E-state index contributed by atoms with van der Waals surface area (Å²) in [5.41, 5.74) is 7.81. The van der Waals surface area contributed by atoms with Gasteiger partial charge in [-0.15, -0.1) is 0 Å². The first-order chi connectivity index (χ1) is 14.5. The number of carbonyl (C=O) groups excluding carboxylic acids is 1. The first kappa shape index (κ1) is 21.1. The zero-order chi connectivity index (χ0) is 21.5. The van der Waals surface area contributed by atoms with Gasteiger partial charge in [0.05, 0.1) is 5.69 Å². The maximum atomic E-state index is 11.3. The average molecular weight is 406 g/mol. The molecule has 0 saturated carbocycles. The minimum Gasteiger partial charge on any atom is -0.438 e. The second kappa shape index (κ2) is 9.73. The Kier molecular flexibility index (Phi) is 6.85. The van der Waals surface area contributed by atoms with Crippen molar-refractivity contribution in [2.24, 2.45) is 5.73 Å². The van der Waals surface area contributed by atoms with Crippen molar-refractivity contribution in [3.8, 4) is 11.6 Å². The highest BCUT2D eigenvalue weighted by molar-refractivity contribution is 6.03. The monoisotopic (exact) mass is 405 g/mol. The van der Waals surface area contributed by atoms with Crippen LogP contribution < -0.4 is 21.1 Å². The van der Waals surface area contributed by atoms with Crippen LogP contribution in [0.25, 0.3) is 10.8 Å². The number of anilines is 2. The van der Waals surface area contributed by atoms with Gasteiger partial charge in [0.15, 0.2) is 0 Å². The zero-order valence-corrected chi connectivity index (χ0v) is 17.4. The molecule has 3 aromatic rings. The van der Waals surface area contributed by atoms with Crippen molar-refractivity contribution in [3.63, 3.8) is 0 Å². The molecule has 30 heavy (non-hydrogen) atoms. The summed E-state index contributed by atoms with van der Waals surface area (Å²) in [6.07, 6.45) is 3.24. The standard InChI is InChI=1S/C23H27N5O2/c1-4-5-8-15(2)14-25-23-26-16(3)13-21(28-23)30-20-12-11-19(27-22(24)29)17-9-6-7-10-18(17)20/h6-7,9-13H,2,4-5,8,14H2,1,3H3,(H3,24,27,29)(H,25,26,28). The summed E-state index contributed by atoms with van der Waals surface area (Å²) in [7, 11) is 0. The van der Waals surface area contributed by atoms with E-state index in [1.807, 2.05) is 31.2 Å². The van der Waals surface area contributed by atoms with Crippen molar-refractivity contribution >= 4 is 28.4 Å². The molecular weight excluding hydrogens is 378 g/mol. The highest BCUT2D eigenvalue weighted by Gasteiger charge is 2.11. The fourth-order valence-corrected chi connectivity index (χ4v) is 3.11. The largest absolute Gasteiger partial charge is 0.438 e. The van der Waals surface area contributed by atoms with Gasteiger partial charge in [0.25, 0.3) is 0 Å². The van der Waals surface area contributed by atoms with E-state index in [1.54, 1.807) is 18.2 Å². The number of hydrogen-bond donors (Lipinski definition) is 3. The fraction of sp³-hybridized carbons (Fsp3) is 0.261. The van der Waals surface area contributed by atoms with E-state index in [2.05, 4.69) is 34.1 Å². The number of rotatable bonds is 9. The first-order valence-corrected chi connectivity index (χ1v) is 9.98. The van der Waals surface area contributed by atoms with Crippen LogP contribution in [0.15, 0.2) is 54.6 Å². The summed E-state index contributed by atoms with van der Waals surface area (Å²) in [5.74, 6) is 1.56. The van der Waals surface area contributed by atoms with Gasteiger partial charge in [0, 0.05) is 29.1 Å². The minimum atomic E-state index is -0.614. The summed E-state index contributed by atoms with van der Waals surface area (Å²) >= 11 is 0. The number of urea groups is 1. The van der Waals surface area contributed by atoms with Crippen LogP contribution in [0, 0.1) is 6.92 Å². The first-order valence-electron chi connectivity index (χ1n) is 9.98. The number of aryl methyl sites for hydroxylation is 1. The summed E-state index contributed by atoms with van der Waals surface area (Å²) in [4.78, 5) is 20.2. The molecule has 7 heteroatoms. The van der Waals surface area contributed by atoms with Crippen molar-refractivity contribution in [2.75, 3.05) is 17.2 Å². The molecule has 0 aliphatic heterocycles. The molecule has 0 radical (unpaired) electrons. The lowest BCUT2D eigenvalue weighted by Gasteiger charge is -2.13. The van der Waals surface area contributed by atoms with Crippen LogP contribution in [0.3, 0.4) is 0 Å². The lowest BCUT2D eigenvalue weighted by Crippen LogP contribution is -2.19. The number of carbonyl (C=O) groups is 1. The van der Waals surface area contributed by atoms with Crippen LogP contribution in [0.5, 0.6) is 11.6 Å². The predicted molar refractivity (Wildman–Crippen MR) is 121 cm³/mol. The number of unbranched alkanes of at least 4 members (excludes halogenated alkanes) is 1. The van der Waals surface area contributed by atoms with Crippen molar-refractivity contribution in [1.29, 1.82) is 0 Å². The Labute approximate surface area is 176 Å². The summed E-state index contributed by atoms with van der Waals surface area (Å²) in [5, 5.41) is 7.52. The van der Waals surface area contributed by atoms with Gasteiger partial charge in [0.2, 0.25) is 11.8 Å². The second-order valence-corrected chi connectivity index (χ2v) is 7.13. The maximum absolute atomic E-state index is 11.3. The highest BCUT2D eigenvalue weighted by Crippen LogP contribution is 2.34. The molecule has 3 rings (SSSR count). The summed E-state index contributed by atoms with van der Waals surface area (Å²) < 4.78 is 6.09. The van der Waals surface area contributed by atoms with Crippen molar-refractivity contribution < 1.29 is 9.53 Å². The third-order valence-corrected chi connectivity index (χ3v) is 4.57.